The third-order valence-electron chi connectivity index (χ3n) is 2.50. The van der Waals surface area contributed by atoms with E-state index in [1.165, 1.54) is 12.1 Å². The van der Waals surface area contributed by atoms with E-state index in [2.05, 4.69) is 55.1 Å². The number of carboxylic acid groups (broad SMARTS) is 1. The molecule has 0 amide bonds. The van der Waals surface area contributed by atoms with Gasteiger partial charge in [0.15, 0.2) is 5.58 Å². The van der Waals surface area contributed by atoms with Crippen molar-refractivity contribution in [3.8, 4) is 6.01 Å². The Balaban J connectivity index is 2.16. The maximum atomic E-state index is 10.9. The second-order valence-electron chi connectivity index (χ2n) is 3.68. The topological polar surface area (TPSA) is 81.1 Å². The minimum absolute atomic E-state index is 0.171. The molecule has 6 nitrogen and oxygen atoms in total. The fourth-order valence-electron chi connectivity index (χ4n) is 1.59. The highest BCUT2D eigenvalue weighted by molar-refractivity contribution is 14.1. The number of rotatable bonds is 2. The van der Waals surface area contributed by atoms with Crippen molar-refractivity contribution in [1.29, 1.82) is 0 Å². The Hall–Kier alpha value is -1.17. The summed E-state index contributed by atoms with van der Waals surface area (Å²) in [4.78, 5) is 19.4. The molecule has 0 saturated heterocycles. The number of oxazole rings is 1. The van der Waals surface area contributed by atoms with Gasteiger partial charge in [-0.1, -0.05) is 0 Å². The third kappa shape index (κ3) is 2.22. The number of hydrogen-bond donors (Lipinski definition) is 1. The quantitative estimate of drug-likeness (QED) is 0.570. The van der Waals surface area contributed by atoms with E-state index in [4.69, 9.17) is 9.52 Å². The van der Waals surface area contributed by atoms with Crippen LogP contribution in [0.2, 0.25) is 0 Å². The van der Waals surface area contributed by atoms with E-state index in [1.807, 2.05) is 0 Å². The minimum Gasteiger partial charge on any atom is -0.478 e. The summed E-state index contributed by atoms with van der Waals surface area (Å²) in [5.74, 6) is -0.994. The Morgan fingerprint density at radius 3 is 2.79 bits per heavy atom. The molecule has 0 spiro atoms. The molecule has 19 heavy (non-hydrogen) atoms. The van der Waals surface area contributed by atoms with Crippen molar-refractivity contribution in [1.82, 2.24) is 14.5 Å². The lowest BCUT2D eigenvalue weighted by atomic mass is 10.2. The van der Waals surface area contributed by atoms with Crippen molar-refractivity contribution in [2.24, 2.45) is 0 Å². The fourth-order valence-corrected chi connectivity index (χ4v) is 2.45. The van der Waals surface area contributed by atoms with Crippen LogP contribution in [0, 0.1) is 7.40 Å². The number of benzene rings is 1. The molecule has 0 atom stereocenters. The molecular weight excluding hydrogens is 476 g/mol. The molecule has 96 valence electrons. The number of fused-ring (bicyclic) bond motifs is 1. The molecule has 3 aromatic rings. The van der Waals surface area contributed by atoms with Gasteiger partial charge in [0.2, 0.25) is 0 Å². The van der Waals surface area contributed by atoms with Crippen molar-refractivity contribution in [3.63, 3.8) is 0 Å². The number of imidazole rings is 1. The molecule has 0 aliphatic rings. The van der Waals surface area contributed by atoms with Crippen LogP contribution in [0.25, 0.3) is 17.1 Å². The van der Waals surface area contributed by atoms with Crippen molar-refractivity contribution >= 4 is 62.3 Å². The highest BCUT2D eigenvalue weighted by atomic mass is 127. The Morgan fingerprint density at radius 2 is 2.16 bits per heavy atom. The molecule has 0 aliphatic heterocycles. The highest BCUT2D eigenvalue weighted by Gasteiger charge is 2.14. The molecule has 8 heteroatoms. The van der Waals surface area contributed by atoms with Crippen LogP contribution in [0.5, 0.6) is 0 Å². The van der Waals surface area contributed by atoms with E-state index in [9.17, 15) is 4.79 Å². The Morgan fingerprint density at radius 1 is 1.37 bits per heavy atom. The van der Waals surface area contributed by atoms with Crippen LogP contribution in [-0.2, 0) is 0 Å². The van der Waals surface area contributed by atoms with E-state index in [0.29, 0.717) is 17.1 Å². The molecule has 1 N–H and O–H groups in total. The van der Waals surface area contributed by atoms with Crippen LogP contribution in [-0.4, -0.2) is 25.6 Å². The van der Waals surface area contributed by atoms with E-state index in [-0.39, 0.29) is 5.56 Å². The summed E-state index contributed by atoms with van der Waals surface area (Å²) < 4.78 is 9.04. The van der Waals surface area contributed by atoms with Crippen molar-refractivity contribution in [2.45, 2.75) is 0 Å². The molecule has 0 bridgehead atoms. The summed E-state index contributed by atoms with van der Waals surface area (Å²) >= 11 is 4.26. The number of nitrogens with zero attached hydrogens (tertiary/aromatic N) is 3. The molecule has 2 aromatic heterocycles. The van der Waals surface area contributed by atoms with E-state index in [1.54, 1.807) is 17.0 Å². The van der Waals surface area contributed by atoms with Gasteiger partial charge in [-0.25, -0.2) is 14.3 Å². The van der Waals surface area contributed by atoms with Crippen LogP contribution in [0.15, 0.2) is 28.9 Å². The second kappa shape index (κ2) is 4.74. The monoisotopic (exact) mass is 481 g/mol. The number of hydrogen-bond acceptors (Lipinski definition) is 4. The molecule has 1 aromatic carbocycles. The van der Waals surface area contributed by atoms with Crippen LogP contribution < -0.4 is 0 Å². The van der Waals surface area contributed by atoms with Gasteiger partial charge in [-0.2, -0.15) is 4.98 Å². The smallest absolute Gasteiger partial charge is 0.335 e. The van der Waals surface area contributed by atoms with Gasteiger partial charge < -0.3 is 9.52 Å². The fraction of sp³-hybridized carbons (Fsp3) is 0. The summed E-state index contributed by atoms with van der Waals surface area (Å²) in [5.41, 5.74) is 1.22. The summed E-state index contributed by atoms with van der Waals surface area (Å²) in [6, 6.07) is 4.96. The first-order valence-corrected chi connectivity index (χ1v) is 7.24. The molecule has 0 fully saturated rings. The molecular formula is C11H5I2N3O3. The van der Waals surface area contributed by atoms with E-state index in [0.717, 1.165) is 7.40 Å². The SMILES string of the molecule is O=C(O)c1ccc2nc(-n3cnc(I)c3I)oc2c1. The summed E-state index contributed by atoms with van der Waals surface area (Å²) in [6.07, 6.45) is 1.62. The highest BCUT2D eigenvalue weighted by Crippen LogP contribution is 2.23. The average molecular weight is 481 g/mol. The number of halogens is 2. The van der Waals surface area contributed by atoms with Crippen LogP contribution in [0.4, 0.5) is 0 Å². The van der Waals surface area contributed by atoms with Gasteiger partial charge in [0.1, 0.15) is 19.2 Å². The zero-order valence-corrected chi connectivity index (χ0v) is 13.5. The van der Waals surface area contributed by atoms with E-state index >= 15 is 0 Å². The number of aromatic nitrogens is 3. The summed E-state index contributed by atoms with van der Waals surface area (Å²) in [6.45, 7) is 0. The second-order valence-corrected chi connectivity index (χ2v) is 5.72. The van der Waals surface area contributed by atoms with E-state index < -0.39 is 5.97 Å². The van der Waals surface area contributed by atoms with Crippen LogP contribution in [0.3, 0.4) is 0 Å². The zero-order valence-electron chi connectivity index (χ0n) is 9.17. The summed E-state index contributed by atoms with van der Waals surface area (Å²) in [5, 5.41) is 8.94. The van der Waals surface area contributed by atoms with Crippen molar-refractivity contribution < 1.29 is 14.3 Å². The predicted octanol–water partition coefficient (Wildman–Crippen LogP) is 2.92. The normalized spacial score (nSPS) is 11.1. The lowest BCUT2D eigenvalue weighted by molar-refractivity contribution is 0.0697. The summed E-state index contributed by atoms with van der Waals surface area (Å²) in [7, 11) is 0. The number of carboxylic acids is 1. The van der Waals surface area contributed by atoms with Crippen LogP contribution in [0.1, 0.15) is 10.4 Å². The van der Waals surface area contributed by atoms with Gasteiger partial charge in [0.25, 0.3) is 0 Å². The lowest BCUT2D eigenvalue weighted by Gasteiger charge is -1.95. The standard InChI is InChI=1S/C11H5I2N3O3/c12-8-9(13)16(4-14-8)11-15-6-2-1-5(10(17)18)3-7(6)19-11/h1-4H,(H,17,18). The maximum Gasteiger partial charge on any atom is 0.335 e. The molecule has 0 radical (unpaired) electrons. The Labute approximate surface area is 134 Å². The first kappa shape index (κ1) is 12.8. The van der Waals surface area contributed by atoms with Gasteiger partial charge >= 0.3 is 12.0 Å². The van der Waals surface area contributed by atoms with Gasteiger partial charge in [-0.3, -0.25) is 0 Å². The van der Waals surface area contributed by atoms with Gasteiger partial charge in [-0.15, -0.1) is 0 Å². The first-order chi connectivity index (χ1) is 9.06. The maximum absolute atomic E-state index is 10.9. The molecule has 0 unspecified atom stereocenters. The van der Waals surface area contributed by atoms with Crippen LogP contribution >= 0.6 is 45.2 Å². The first-order valence-electron chi connectivity index (χ1n) is 5.09. The van der Waals surface area contributed by atoms with Gasteiger partial charge in [0, 0.05) is 0 Å². The largest absolute Gasteiger partial charge is 0.478 e. The Kier molecular flexibility index (Phi) is 3.20. The van der Waals surface area contributed by atoms with Crippen molar-refractivity contribution in [2.75, 3.05) is 0 Å². The van der Waals surface area contributed by atoms with Gasteiger partial charge in [-0.05, 0) is 63.4 Å². The Bertz CT molecular complexity index is 794. The average Bonchev–Trinajstić information content (AvgIpc) is 2.93. The minimum atomic E-state index is -0.994. The number of carbonyl (C=O) groups is 1. The molecule has 3 rings (SSSR count). The molecule has 0 saturated carbocycles. The predicted molar refractivity (Wildman–Crippen MR) is 83.5 cm³/mol. The zero-order chi connectivity index (χ0) is 13.6. The van der Waals surface area contributed by atoms with Crippen molar-refractivity contribution in [3.05, 3.63) is 37.5 Å². The lowest BCUT2D eigenvalue weighted by Crippen LogP contribution is -1.94. The molecule has 0 aliphatic carbocycles. The number of aromatic carboxylic acids is 1. The molecule has 2 heterocycles. The van der Waals surface area contributed by atoms with Gasteiger partial charge in [0.05, 0.1) is 5.56 Å². The third-order valence-corrected chi connectivity index (χ3v) is 5.35.